The van der Waals surface area contributed by atoms with Gasteiger partial charge in [0.2, 0.25) is 5.91 Å². The number of thioether (sulfide) groups is 1. The summed E-state index contributed by atoms with van der Waals surface area (Å²) in [6.07, 6.45) is 0.894. The third-order valence-electron chi connectivity index (χ3n) is 5.70. The molecule has 5 nitrogen and oxygen atoms in total. The van der Waals surface area contributed by atoms with E-state index < -0.39 is 0 Å². The Morgan fingerprint density at radius 3 is 2.82 bits per heavy atom. The number of carbonyl (C=O) groups excluding carboxylic acids is 2. The minimum atomic E-state index is -0.136. The van der Waals surface area contributed by atoms with Crippen LogP contribution < -0.4 is 10.2 Å². The molecule has 166 valence electrons. The molecule has 5 rings (SSSR count). The highest BCUT2D eigenvalue weighted by Gasteiger charge is 2.30. The van der Waals surface area contributed by atoms with Gasteiger partial charge in [-0.3, -0.25) is 9.59 Å². The van der Waals surface area contributed by atoms with Crippen LogP contribution in [0.3, 0.4) is 0 Å². The van der Waals surface area contributed by atoms with E-state index in [4.69, 9.17) is 0 Å². The molecule has 7 heteroatoms. The number of hydrogen-bond acceptors (Lipinski definition) is 5. The van der Waals surface area contributed by atoms with Crippen molar-refractivity contribution in [1.82, 2.24) is 4.98 Å². The lowest BCUT2D eigenvalue weighted by atomic mass is 10.1. The van der Waals surface area contributed by atoms with Crippen LogP contribution in [-0.2, 0) is 11.2 Å². The molecule has 4 aromatic rings. The molecule has 33 heavy (non-hydrogen) atoms. The first-order chi connectivity index (χ1) is 16.0. The third-order valence-corrected chi connectivity index (χ3v) is 7.85. The Kier molecular flexibility index (Phi) is 5.91. The molecule has 1 N–H and O–H groups in total. The maximum atomic E-state index is 13.0. The van der Waals surface area contributed by atoms with Gasteiger partial charge in [-0.2, -0.15) is 0 Å². The summed E-state index contributed by atoms with van der Waals surface area (Å²) in [6, 6.07) is 21.5. The van der Waals surface area contributed by atoms with Crippen LogP contribution in [0.1, 0.15) is 28.4 Å². The molecule has 2 heterocycles. The maximum absolute atomic E-state index is 13.0. The zero-order valence-corrected chi connectivity index (χ0v) is 20.0. The number of para-hydroxylation sites is 1. The molecule has 0 saturated heterocycles. The third kappa shape index (κ3) is 4.51. The largest absolute Gasteiger partial charge is 0.322 e. The minimum Gasteiger partial charge on any atom is -0.322 e. The summed E-state index contributed by atoms with van der Waals surface area (Å²) >= 11 is 3.00. The maximum Gasteiger partial charge on any atom is 0.255 e. The summed E-state index contributed by atoms with van der Waals surface area (Å²) < 4.78 is 1.83. The molecule has 0 bridgehead atoms. The molecule has 0 fully saturated rings. The van der Waals surface area contributed by atoms with Gasteiger partial charge in [-0.05, 0) is 62.2 Å². The first-order valence-corrected chi connectivity index (χ1v) is 12.6. The SMILES string of the molecule is Cc1cccc(C(=O)Nc2ccc3nc(SCC(=O)N4c5ccccc5C[C@@H]4C)sc3c2)c1. The Balaban J connectivity index is 1.26. The zero-order valence-electron chi connectivity index (χ0n) is 18.4. The van der Waals surface area contributed by atoms with Crippen molar-refractivity contribution in [2.24, 2.45) is 0 Å². The van der Waals surface area contributed by atoms with Gasteiger partial charge in [-0.15, -0.1) is 11.3 Å². The topological polar surface area (TPSA) is 62.3 Å². The zero-order chi connectivity index (χ0) is 22.9. The van der Waals surface area contributed by atoms with Crippen molar-refractivity contribution in [3.63, 3.8) is 0 Å². The number of benzene rings is 3. The predicted molar refractivity (Wildman–Crippen MR) is 137 cm³/mol. The summed E-state index contributed by atoms with van der Waals surface area (Å²) in [5, 5.41) is 2.96. The summed E-state index contributed by atoms with van der Waals surface area (Å²) in [4.78, 5) is 32.1. The molecule has 1 atom stereocenters. The lowest BCUT2D eigenvalue weighted by Crippen LogP contribution is -2.36. The van der Waals surface area contributed by atoms with Crippen LogP contribution in [-0.4, -0.2) is 28.6 Å². The molecule has 0 radical (unpaired) electrons. The molecule has 1 aliphatic rings. The van der Waals surface area contributed by atoms with Crippen LogP contribution in [0, 0.1) is 6.92 Å². The molecule has 0 aliphatic carbocycles. The normalized spacial score (nSPS) is 15.0. The van der Waals surface area contributed by atoms with E-state index >= 15 is 0 Å². The van der Waals surface area contributed by atoms with Crippen molar-refractivity contribution in [2.75, 3.05) is 16.0 Å². The minimum absolute atomic E-state index is 0.0998. The Bertz CT molecular complexity index is 1360. The summed E-state index contributed by atoms with van der Waals surface area (Å²) in [5.74, 6) is 0.306. The van der Waals surface area contributed by atoms with Gasteiger partial charge in [0.15, 0.2) is 4.34 Å². The standard InChI is InChI=1S/C26H23N3O2S2/c1-16-6-5-8-19(12-16)25(31)27-20-10-11-21-23(14-20)33-26(28-21)32-15-24(30)29-17(2)13-18-7-3-4-9-22(18)29/h3-12,14,17H,13,15H2,1-2H3,(H,27,31)/t17-/m0/s1. The van der Waals surface area contributed by atoms with Gasteiger partial charge in [0.1, 0.15) is 0 Å². The summed E-state index contributed by atoms with van der Waals surface area (Å²) in [5.41, 5.74) is 5.52. The fraction of sp³-hybridized carbons (Fsp3) is 0.192. The molecule has 3 aromatic carbocycles. The second-order valence-corrected chi connectivity index (χ2v) is 10.5. The van der Waals surface area contributed by atoms with Crippen molar-refractivity contribution >= 4 is 56.5 Å². The first kappa shape index (κ1) is 21.7. The monoisotopic (exact) mass is 473 g/mol. The van der Waals surface area contributed by atoms with Crippen molar-refractivity contribution in [3.05, 3.63) is 83.4 Å². The van der Waals surface area contributed by atoms with E-state index in [2.05, 4.69) is 23.3 Å². The van der Waals surface area contributed by atoms with Crippen molar-refractivity contribution in [1.29, 1.82) is 0 Å². The highest BCUT2D eigenvalue weighted by Crippen LogP contribution is 2.35. The number of amides is 2. The van der Waals surface area contributed by atoms with E-state index in [-0.39, 0.29) is 17.9 Å². The molecule has 2 amide bonds. The summed E-state index contributed by atoms with van der Waals surface area (Å²) in [6.45, 7) is 4.06. The van der Waals surface area contributed by atoms with Crippen molar-refractivity contribution < 1.29 is 9.59 Å². The predicted octanol–water partition coefficient (Wildman–Crippen LogP) is 5.93. The first-order valence-electron chi connectivity index (χ1n) is 10.8. The van der Waals surface area contributed by atoms with E-state index in [0.717, 1.165) is 37.9 Å². The van der Waals surface area contributed by atoms with Crippen molar-refractivity contribution in [3.8, 4) is 0 Å². The van der Waals surface area contributed by atoms with Gasteiger partial charge in [-0.1, -0.05) is 47.7 Å². The highest BCUT2D eigenvalue weighted by molar-refractivity contribution is 8.01. The van der Waals surface area contributed by atoms with Gasteiger partial charge in [0.25, 0.3) is 5.91 Å². The number of fused-ring (bicyclic) bond motifs is 2. The molecule has 0 saturated carbocycles. The Labute approximate surface area is 200 Å². The second kappa shape index (κ2) is 9.00. The van der Waals surface area contributed by atoms with E-state index in [1.54, 1.807) is 6.07 Å². The Morgan fingerprint density at radius 1 is 1.12 bits per heavy atom. The van der Waals surface area contributed by atoms with Crippen LogP contribution in [0.5, 0.6) is 0 Å². The Hall–Kier alpha value is -3.16. The number of aromatic nitrogens is 1. The number of aryl methyl sites for hydroxylation is 1. The second-order valence-electron chi connectivity index (χ2n) is 8.22. The van der Waals surface area contributed by atoms with Gasteiger partial charge in [0, 0.05) is 23.0 Å². The molecule has 1 aromatic heterocycles. The number of thiazole rings is 1. The summed E-state index contributed by atoms with van der Waals surface area (Å²) in [7, 11) is 0. The van der Waals surface area contributed by atoms with Gasteiger partial charge >= 0.3 is 0 Å². The fourth-order valence-corrected chi connectivity index (χ4v) is 6.14. The van der Waals surface area contributed by atoms with Gasteiger partial charge < -0.3 is 10.2 Å². The number of hydrogen-bond donors (Lipinski definition) is 1. The average Bonchev–Trinajstić information content (AvgIpc) is 3.36. The lowest BCUT2D eigenvalue weighted by molar-refractivity contribution is -0.116. The quantitative estimate of drug-likeness (QED) is 0.365. The highest BCUT2D eigenvalue weighted by atomic mass is 32.2. The molecule has 0 unspecified atom stereocenters. The smallest absolute Gasteiger partial charge is 0.255 e. The van der Waals surface area contributed by atoms with Crippen molar-refractivity contribution in [2.45, 2.75) is 30.6 Å². The van der Waals surface area contributed by atoms with Crippen LogP contribution >= 0.6 is 23.1 Å². The van der Waals surface area contributed by atoms with Gasteiger partial charge in [-0.25, -0.2) is 4.98 Å². The number of nitrogens with one attached hydrogen (secondary N) is 1. The van der Waals surface area contributed by atoms with E-state index in [1.807, 2.05) is 66.4 Å². The number of rotatable bonds is 5. The fourth-order valence-electron chi connectivity index (χ4n) is 4.17. The number of anilines is 2. The van der Waals surface area contributed by atoms with Crippen LogP contribution in [0.2, 0.25) is 0 Å². The molecular weight excluding hydrogens is 450 g/mol. The van der Waals surface area contributed by atoms with Crippen LogP contribution in [0.4, 0.5) is 11.4 Å². The molecule has 1 aliphatic heterocycles. The van der Waals surface area contributed by atoms with E-state index in [9.17, 15) is 9.59 Å². The molecular formula is C26H23N3O2S2. The van der Waals surface area contributed by atoms with Crippen LogP contribution in [0.25, 0.3) is 10.2 Å². The average molecular weight is 474 g/mol. The number of carbonyl (C=O) groups is 2. The van der Waals surface area contributed by atoms with E-state index in [0.29, 0.717) is 11.3 Å². The van der Waals surface area contributed by atoms with E-state index in [1.165, 1.54) is 28.7 Å². The Morgan fingerprint density at radius 2 is 1.97 bits per heavy atom. The molecule has 0 spiro atoms. The lowest BCUT2D eigenvalue weighted by Gasteiger charge is -2.22. The van der Waals surface area contributed by atoms with Gasteiger partial charge in [0.05, 0.1) is 16.0 Å². The number of nitrogens with zero attached hydrogens (tertiary/aromatic N) is 2. The van der Waals surface area contributed by atoms with Crippen LogP contribution in [0.15, 0.2) is 71.1 Å².